The Balaban J connectivity index is 2.30. The molecule has 0 amide bonds. The summed E-state index contributed by atoms with van der Waals surface area (Å²) in [5, 5.41) is 12.0. The monoisotopic (exact) mass is 500 g/mol. The lowest BCUT2D eigenvalue weighted by Crippen LogP contribution is -2.34. The van der Waals surface area contributed by atoms with E-state index in [1.54, 1.807) is 43.4 Å². The average molecular weight is 501 g/mol. The fraction of sp³-hybridized carbons (Fsp3) is 0.0526. The Bertz CT molecular complexity index is 1270. The molecule has 3 aromatic rings. The van der Waals surface area contributed by atoms with Crippen molar-refractivity contribution in [2.75, 3.05) is 7.05 Å². The molecule has 0 bridgehead atoms. The van der Waals surface area contributed by atoms with Gasteiger partial charge in [0.1, 0.15) is 17.1 Å². The van der Waals surface area contributed by atoms with Crippen molar-refractivity contribution < 1.29 is 40.6 Å². The van der Waals surface area contributed by atoms with E-state index in [2.05, 4.69) is 9.37 Å². The molecule has 0 fully saturated rings. The Kier molecular flexibility index (Phi) is 7.04. The molecule has 0 heterocycles. The Morgan fingerprint density at radius 2 is 1.19 bits per heavy atom. The molecule has 0 aromatic heterocycles. The van der Waals surface area contributed by atoms with E-state index < -0.39 is 20.2 Å². The van der Waals surface area contributed by atoms with Crippen LogP contribution in [0, 0.1) is 0 Å². The van der Waals surface area contributed by atoms with Crippen LogP contribution in [0.5, 0.6) is 0 Å². The van der Waals surface area contributed by atoms with Crippen LogP contribution in [0.25, 0.3) is 0 Å². The number of benzene rings is 3. The summed E-state index contributed by atoms with van der Waals surface area (Å²) in [6.45, 7) is 0. The Hall–Kier alpha value is -2.33. The van der Waals surface area contributed by atoms with Crippen LogP contribution in [0.15, 0.2) is 87.5 Å². The molecule has 0 unspecified atom stereocenters. The molecule has 0 aliphatic heterocycles. The molecule has 0 atom stereocenters. The van der Waals surface area contributed by atoms with E-state index in [1.165, 1.54) is 36.4 Å². The Morgan fingerprint density at radius 1 is 0.750 bits per heavy atom. The quantitative estimate of drug-likeness (QED) is 0.135. The normalized spacial score (nSPS) is 12.6. The van der Waals surface area contributed by atoms with Gasteiger partial charge in [0.25, 0.3) is 20.2 Å². The molecular weight excluding hydrogens is 482 g/mol. The highest BCUT2D eigenvalue weighted by atomic mass is 32.2. The van der Waals surface area contributed by atoms with E-state index in [0.717, 1.165) is 0 Å². The van der Waals surface area contributed by atoms with Gasteiger partial charge in [-0.15, -0.1) is 4.33 Å². The molecule has 170 valence electrons. The lowest BCUT2D eigenvalue weighted by atomic mass is 10.1. The second-order valence-corrected chi connectivity index (χ2v) is 10.3. The predicted octanol–water partition coefficient (Wildman–Crippen LogP) is 4.21. The van der Waals surface area contributed by atoms with Crippen molar-refractivity contribution >= 4 is 49.3 Å². The summed E-state index contributed by atoms with van der Waals surface area (Å²) in [6.07, 6.45) is 0. The van der Waals surface area contributed by atoms with Gasteiger partial charge < -0.3 is 0 Å². The first-order chi connectivity index (χ1) is 15.0. The molecule has 0 saturated carbocycles. The predicted molar refractivity (Wildman–Crippen MR) is 117 cm³/mol. The first-order valence-corrected chi connectivity index (χ1v) is 12.4. The smallest absolute Gasteiger partial charge is 0.282 e. The summed E-state index contributed by atoms with van der Waals surface area (Å²) < 4.78 is 70.1. The zero-order valence-corrected chi connectivity index (χ0v) is 18.8. The van der Waals surface area contributed by atoms with E-state index in [0.29, 0.717) is 34.0 Å². The van der Waals surface area contributed by atoms with Gasteiger partial charge in [0, 0.05) is 41.3 Å². The fourth-order valence-electron chi connectivity index (χ4n) is 3.16. The summed E-state index contributed by atoms with van der Waals surface area (Å²) in [4.78, 5) is -0.210. The minimum atomic E-state index is -4.52. The topological polar surface area (TPSA) is 147 Å². The molecule has 0 aliphatic rings. The summed E-state index contributed by atoms with van der Waals surface area (Å²) in [5.74, 6) is 0. The van der Waals surface area contributed by atoms with E-state index in [9.17, 15) is 25.9 Å². The first kappa shape index (κ1) is 24.3. The van der Waals surface area contributed by atoms with Gasteiger partial charge in [0.2, 0.25) is 0 Å². The Labute approximate surface area is 188 Å². The maximum absolute atomic E-state index is 11.7. The van der Waals surface area contributed by atoms with Crippen molar-refractivity contribution in [2.24, 2.45) is 0 Å². The average Bonchev–Trinajstić information content (AvgIpc) is 2.76. The molecule has 0 spiro atoms. The largest absolute Gasteiger partial charge is 0.294 e. The van der Waals surface area contributed by atoms with E-state index in [-0.39, 0.29) is 14.3 Å². The van der Waals surface area contributed by atoms with Crippen LogP contribution in [-0.4, -0.2) is 38.2 Å². The third-order valence-electron chi connectivity index (χ3n) is 4.76. The van der Waals surface area contributed by atoms with Crippen molar-refractivity contribution in [2.45, 2.75) is 14.7 Å². The first-order valence-electron chi connectivity index (χ1n) is 8.74. The van der Waals surface area contributed by atoms with Gasteiger partial charge in [-0.25, -0.2) is 9.74 Å². The lowest BCUT2D eigenvalue weighted by molar-refractivity contribution is -0.432. The van der Waals surface area contributed by atoms with Crippen LogP contribution < -0.4 is 4.48 Å². The maximum Gasteiger partial charge on any atom is 0.294 e. The van der Waals surface area contributed by atoms with Crippen LogP contribution in [0.3, 0.4) is 0 Å². The number of rotatable bonds is 8. The SMILES string of the molecule is C[N+](c1cccc(SOOO)c1)(c1cccc(S(=O)(=O)O)c1)c1cccc(S(=O)(=O)O)c1. The second-order valence-electron chi connectivity index (χ2n) is 6.67. The zero-order valence-electron chi connectivity index (χ0n) is 16.4. The highest BCUT2D eigenvalue weighted by molar-refractivity contribution is 7.94. The van der Waals surface area contributed by atoms with Crippen molar-refractivity contribution in [1.82, 2.24) is 4.48 Å². The number of hydrogen-bond acceptors (Lipinski definition) is 8. The van der Waals surface area contributed by atoms with Gasteiger partial charge in [-0.05, 0) is 18.2 Å². The molecule has 0 aliphatic carbocycles. The molecule has 3 N–H and O–H groups in total. The molecule has 3 aromatic carbocycles. The van der Waals surface area contributed by atoms with Crippen LogP contribution >= 0.6 is 12.0 Å². The van der Waals surface area contributed by atoms with Gasteiger partial charge >= 0.3 is 0 Å². The minimum Gasteiger partial charge on any atom is -0.282 e. The van der Waals surface area contributed by atoms with Crippen LogP contribution in [0.2, 0.25) is 0 Å². The molecular formula is C19H18NO9S3+. The van der Waals surface area contributed by atoms with Gasteiger partial charge in [-0.2, -0.15) is 16.8 Å². The van der Waals surface area contributed by atoms with Crippen molar-refractivity contribution in [3.8, 4) is 0 Å². The van der Waals surface area contributed by atoms with Crippen LogP contribution in [0.4, 0.5) is 17.1 Å². The highest BCUT2D eigenvalue weighted by Crippen LogP contribution is 2.44. The maximum atomic E-state index is 11.7. The van der Waals surface area contributed by atoms with Crippen LogP contribution in [0.1, 0.15) is 0 Å². The number of nitrogens with zero attached hydrogens (tertiary/aromatic N) is 1. The lowest BCUT2D eigenvalue weighted by Gasteiger charge is -2.33. The molecule has 10 nitrogen and oxygen atoms in total. The van der Waals surface area contributed by atoms with Gasteiger partial charge in [-0.1, -0.05) is 23.2 Å². The molecule has 32 heavy (non-hydrogen) atoms. The zero-order chi connectivity index (χ0) is 23.6. The minimum absolute atomic E-state index is 0.263. The standard InChI is InChI=1S/C19H17NO9S3/c1-20(14-5-2-8-17(11-14)30-29-28-21,15-6-3-9-18(12-15)31(22,23)24)16-7-4-10-19(13-16)32(25,26)27/h2-13H,1H3,(H2-,21,22,23,24,25,26,27)/p+1. The van der Waals surface area contributed by atoms with E-state index in [1.807, 2.05) is 0 Å². The van der Waals surface area contributed by atoms with Crippen LogP contribution in [-0.2, 0) is 29.6 Å². The van der Waals surface area contributed by atoms with Gasteiger partial charge in [-0.3, -0.25) is 9.11 Å². The third kappa shape index (κ3) is 5.17. The summed E-state index contributed by atoms with van der Waals surface area (Å²) in [7, 11) is -7.37. The Morgan fingerprint density at radius 3 is 1.62 bits per heavy atom. The summed E-state index contributed by atoms with van der Waals surface area (Å²) in [6, 6.07) is 17.7. The highest BCUT2D eigenvalue weighted by Gasteiger charge is 2.34. The third-order valence-corrected chi connectivity index (χ3v) is 7.03. The second kappa shape index (κ2) is 9.27. The summed E-state index contributed by atoms with van der Waals surface area (Å²) in [5.41, 5.74) is 1.24. The van der Waals surface area contributed by atoms with Crippen molar-refractivity contribution in [3.63, 3.8) is 0 Å². The molecule has 13 heteroatoms. The fourth-order valence-corrected chi connectivity index (χ4v) is 4.61. The van der Waals surface area contributed by atoms with Gasteiger partial charge in [0.05, 0.1) is 28.9 Å². The van der Waals surface area contributed by atoms with E-state index in [4.69, 9.17) is 5.26 Å². The van der Waals surface area contributed by atoms with Crippen molar-refractivity contribution in [1.29, 1.82) is 0 Å². The molecule has 0 saturated heterocycles. The van der Waals surface area contributed by atoms with Crippen molar-refractivity contribution in [3.05, 3.63) is 72.8 Å². The summed E-state index contributed by atoms with van der Waals surface area (Å²) >= 11 is 0.702. The molecule has 0 radical (unpaired) electrons. The molecule has 3 rings (SSSR count). The number of quaternary nitrogens is 1. The van der Waals surface area contributed by atoms with Gasteiger partial charge in [0.15, 0.2) is 0 Å². The number of hydrogen-bond donors (Lipinski definition) is 3. The van der Waals surface area contributed by atoms with E-state index >= 15 is 0 Å².